The molecule has 0 atom stereocenters. The molecule has 0 aliphatic rings. The van der Waals surface area contributed by atoms with E-state index in [4.69, 9.17) is 0 Å². The van der Waals surface area contributed by atoms with Crippen molar-refractivity contribution in [3.8, 4) is 5.69 Å². The molecule has 0 unspecified atom stereocenters. The van der Waals surface area contributed by atoms with Gasteiger partial charge >= 0.3 is 0 Å². The minimum Gasteiger partial charge on any atom is -0.351 e. The number of likely N-dealkylation sites (N-methyl/N-ethyl adjacent to an activating group) is 1. The first-order valence-electron chi connectivity index (χ1n) is 8.32. The topological polar surface area (TPSA) is 37.3 Å². The number of aryl methyl sites for hydroxylation is 2. The molecular weight excluding hydrogens is 286 g/mol. The number of carbonyl (C=O) groups is 1. The molecular formula is C19H27N3O. The van der Waals surface area contributed by atoms with Crippen LogP contribution in [0, 0.1) is 13.8 Å². The Morgan fingerprint density at radius 2 is 1.57 bits per heavy atom. The Labute approximate surface area is 139 Å². The smallest absolute Gasteiger partial charge is 0.251 e. The zero-order valence-corrected chi connectivity index (χ0v) is 14.6. The van der Waals surface area contributed by atoms with Crippen LogP contribution >= 0.6 is 0 Å². The van der Waals surface area contributed by atoms with Gasteiger partial charge in [-0.15, -0.1) is 0 Å². The molecule has 4 heteroatoms. The summed E-state index contributed by atoms with van der Waals surface area (Å²) in [7, 11) is 0. The molecule has 0 saturated carbocycles. The lowest BCUT2D eigenvalue weighted by Gasteiger charge is -2.18. The Kier molecular flexibility index (Phi) is 5.99. The van der Waals surface area contributed by atoms with E-state index in [9.17, 15) is 4.79 Å². The van der Waals surface area contributed by atoms with E-state index in [1.54, 1.807) is 0 Å². The van der Waals surface area contributed by atoms with Gasteiger partial charge in [-0.2, -0.15) is 0 Å². The number of benzene rings is 1. The normalized spacial score (nSPS) is 11.0. The Morgan fingerprint density at radius 3 is 2.09 bits per heavy atom. The molecule has 1 N–H and O–H groups in total. The summed E-state index contributed by atoms with van der Waals surface area (Å²) in [6.45, 7) is 12.0. The molecule has 0 fully saturated rings. The second kappa shape index (κ2) is 7.97. The number of hydrogen-bond acceptors (Lipinski definition) is 2. The van der Waals surface area contributed by atoms with Crippen LogP contribution in [0.4, 0.5) is 0 Å². The summed E-state index contributed by atoms with van der Waals surface area (Å²) < 4.78 is 2.18. The zero-order chi connectivity index (χ0) is 16.8. The fraction of sp³-hybridized carbons (Fsp3) is 0.421. The van der Waals surface area contributed by atoms with Crippen LogP contribution in [0.25, 0.3) is 5.69 Å². The van der Waals surface area contributed by atoms with Crippen molar-refractivity contribution in [1.29, 1.82) is 0 Å². The van der Waals surface area contributed by atoms with Crippen LogP contribution in [0.5, 0.6) is 0 Å². The molecule has 23 heavy (non-hydrogen) atoms. The third-order valence-electron chi connectivity index (χ3n) is 4.27. The molecule has 1 heterocycles. The lowest BCUT2D eigenvalue weighted by atomic mass is 10.2. The molecule has 0 saturated heterocycles. The number of amides is 1. The van der Waals surface area contributed by atoms with Crippen molar-refractivity contribution >= 4 is 5.91 Å². The minimum absolute atomic E-state index is 0.00958. The summed E-state index contributed by atoms with van der Waals surface area (Å²) >= 11 is 0. The lowest BCUT2D eigenvalue weighted by molar-refractivity contribution is 0.0949. The van der Waals surface area contributed by atoms with Crippen molar-refractivity contribution < 1.29 is 4.79 Å². The number of rotatable bonds is 7. The summed E-state index contributed by atoms with van der Waals surface area (Å²) in [6, 6.07) is 12.0. The SMILES string of the molecule is CCN(CC)CCNC(=O)c1ccc(-n2c(C)ccc2C)cc1. The predicted octanol–water partition coefficient (Wildman–Crippen LogP) is 3.17. The van der Waals surface area contributed by atoms with Gasteiger partial charge in [0.2, 0.25) is 0 Å². The highest BCUT2D eigenvalue weighted by Crippen LogP contribution is 2.16. The maximum Gasteiger partial charge on any atom is 0.251 e. The van der Waals surface area contributed by atoms with Gasteiger partial charge in [0.05, 0.1) is 0 Å². The quantitative estimate of drug-likeness (QED) is 0.852. The molecule has 1 amide bonds. The molecule has 1 aromatic heterocycles. The van der Waals surface area contributed by atoms with E-state index in [-0.39, 0.29) is 5.91 Å². The Bertz CT molecular complexity index is 620. The van der Waals surface area contributed by atoms with E-state index in [0.717, 1.165) is 25.3 Å². The van der Waals surface area contributed by atoms with Gasteiger partial charge in [0.15, 0.2) is 0 Å². The summed E-state index contributed by atoms with van der Waals surface area (Å²) in [5.74, 6) is -0.00958. The molecule has 1 aromatic carbocycles. The van der Waals surface area contributed by atoms with Crippen LogP contribution in [0.2, 0.25) is 0 Å². The Hall–Kier alpha value is -2.07. The van der Waals surface area contributed by atoms with Crippen molar-refractivity contribution in [3.05, 3.63) is 53.3 Å². The van der Waals surface area contributed by atoms with Crippen molar-refractivity contribution in [3.63, 3.8) is 0 Å². The Morgan fingerprint density at radius 1 is 1.00 bits per heavy atom. The van der Waals surface area contributed by atoms with Crippen LogP contribution in [0.15, 0.2) is 36.4 Å². The van der Waals surface area contributed by atoms with Crippen LogP contribution < -0.4 is 5.32 Å². The number of hydrogen-bond donors (Lipinski definition) is 1. The average Bonchev–Trinajstić information content (AvgIpc) is 2.90. The van der Waals surface area contributed by atoms with Crippen molar-refractivity contribution in [2.24, 2.45) is 0 Å². The zero-order valence-electron chi connectivity index (χ0n) is 14.6. The fourth-order valence-electron chi connectivity index (χ4n) is 2.81. The van der Waals surface area contributed by atoms with Crippen molar-refractivity contribution in [2.75, 3.05) is 26.2 Å². The first-order valence-corrected chi connectivity index (χ1v) is 8.32. The molecule has 0 bridgehead atoms. The van der Waals surface area contributed by atoms with E-state index in [2.05, 4.69) is 54.6 Å². The Balaban J connectivity index is 1.98. The maximum absolute atomic E-state index is 12.2. The number of aromatic nitrogens is 1. The average molecular weight is 313 g/mol. The van der Waals surface area contributed by atoms with Crippen LogP contribution in [0.1, 0.15) is 35.6 Å². The highest BCUT2D eigenvalue weighted by atomic mass is 16.1. The van der Waals surface area contributed by atoms with Gasteiger partial charge in [-0.05, 0) is 63.3 Å². The fourth-order valence-corrected chi connectivity index (χ4v) is 2.81. The molecule has 0 aliphatic heterocycles. The van der Waals surface area contributed by atoms with Gasteiger partial charge in [-0.3, -0.25) is 4.79 Å². The van der Waals surface area contributed by atoms with Gasteiger partial charge in [-0.25, -0.2) is 0 Å². The van der Waals surface area contributed by atoms with Gasteiger partial charge in [0.1, 0.15) is 0 Å². The number of nitrogens with one attached hydrogen (secondary N) is 1. The molecule has 0 aliphatic carbocycles. The molecule has 2 rings (SSSR count). The highest BCUT2D eigenvalue weighted by molar-refractivity contribution is 5.94. The minimum atomic E-state index is -0.00958. The molecule has 4 nitrogen and oxygen atoms in total. The summed E-state index contributed by atoms with van der Waals surface area (Å²) in [4.78, 5) is 14.5. The summed E-state index contributed by atoms with van der Waals surface area (Å²) in [5.41, 5.74) is 4.18. The lowest BCUT2D eigenvalue weighted by Crippen LogP contribution is -2.34. The van der Waals surface area contributed by atoms with E-state index >= 15 is 0 Å². The third-order valence-corrected chi connectivity index (χ3v) is 4.27. The van der Waals surface area contributed by atoms with Gasteiger partial charge in [0, 0.05) is 35.7 Å². The largest absolute Gasteiger partial charge is 0.351 e. The molecule has 0 spiro atoms. The van der Waals surface area contributed by atoms with Gasteiger partial charge in [-0.1, -0.05) is 13.8 Å². The van der Waals surface area contributed by atoms with Gasteiger partial charge in [0.25, 0.3) is 5.91 Å². The second-order valence-electron chi connectivity index (χ2n) is 5.78. The van der Waals surface area contributed by atoms with E-state index < -0.39 is 0 Å². The van der Waals surface area contributed by atoms with Gasteiger partial charge < -0.3 is 14.8 Å². The summed E-state index contributed by atoms with van der Waals surface area (Å²) in [5, 5.41) is 2.99. The molecule has 2 aromatic rings. The summed E-state index contributed by atoms with van der Waals surface area (Å²) in [6.07, 6.45) is 0. The van der Waals surface area contributed by atoms with Crippen LogP contribution in [-0.2, 0) is 0 Å². The predicted molar refractivity (Wildman–Crippen MR) is 95.4 cm³/mol. The van der Waals surface area contributed by atoms with E-state index in [0.29, 0.717) is 12.1 Å². The number of nitrogens with zero attached hydrogens (tertiary/aromatic N) is 2. The molecule has 124 valence electrons. The molecule has 0 radical (unpaired) electrons. The monoisotopic (exact) mass is 313 g/mol. The van der Waals surface area contributed by atoms with E-state index in [1.807, 2.05) is 24.3 Å². The number of carbonyl (C=O) groups excluding carboxylic acids is 1. The standard InChI is InChI=1S/C19H27N3O/c1-5-21(6-2)14-13-20-19(23)17-9-11-18(12-10-17)22-15(3)7-8-16(22)4/h7-12H,5-6,13-14H2,1-4H3,(H,20,23). The second-order valence-corrected chi connectivity index (χ2v) is 5.78. The van der Waals surface area contributed by atoms with Crippen molar-refractivity contribution in [1.82, 2.24) is 14.8 Å². The van der Waals surface area contributed by atoms with Crippen molar-refractivity contribution in [2.45, 2.75) is 27.7 Å². The van der Waals surface area contributed by atoms with Crippen LogP contribution in [-0.4, -0.2) is 41.6 Å². The first-order chi connectivity index (χ1) is 11.1. The van der Waals surface area contributed by atoms with E-state index in [1.165, 1.54) is 11.4 Å². The maximum atomic E-state index is 12.2. The first kappa shape index (κ1) is 17.3. The highest BCUT2D eigenvalue weighted by Gasteiger charge is 2.08. The third kappa shape index (κ3) is 4.23. The van der Waals surface area contributed by atoms with Crippen LogP contribution in [0.3, 0.4) is 0 Å².